The maximum Gasteiger partial charge on any atom is 0.410 e. The van der Waals surface area contributed by atoms with E-state index < -0.39 is 0 Å². The van der Waals surface area contributed by atoms with E-state index >= 15 is 0 Å². The van der Waals surface area contributed by atoms with Crippen molar-refractivity contribution < 1.29 is 14.3 Å². The third kappa shape index (κ3) is 3.83. The van der Waals surface area contributed by atoms with Crippen LogP contribution in [0.5, 0.6) is 0 Å². The van der Waals surface area contributed by atoms with E-state index in [1.54, 1.807) is 15.9 Å². The van der Waals surface area contributed by atoms with E-state index in [1.807, 2.05) is 49.4 Å². The zero-order chi connectivity index (χ0) is 19.5. The van der Waals surface area contributed by atoms with Crippen molar-refractivity contribution in [2.45, 2.75) is 13.5 Å². The second-order valence-electron chi connectivity index (χ2n) is 6.87. The second kappa shape index (κ2) is 7.72. The van der Waals surface area contributed by atoms with E-state index in [-0.39, 0.29) is 18.6 Å². The van der Waals surface area contributed by atoms with Crippen molar-refractivity contribution in [3.8, 4) is 0 Å². The molecule has 1 fully saturated rings. The van der Waals surface area contributed by atoms with Crippen molar-refractivity contribution in [3.63, 3.8) is 0 Å². The van der Waals surface area contributed by atoms with Crippen LogP contribution in [0.2, 0.25) is 0 Å². The molecule has 7 heteroatoms. The molecule has 0 saturated carbocycles. The zero-order valence-electron chi connectivity index (χ0n) is 15.7. The molecular formula is C21H22N4O3. The Labute approximate surface area is 162 Å². The number of carbonyl (C=O) groups excluding carboxylic acids is 2. The largest absolute Gasteiger partial charge is 0.445 e. The fourth-order valence-electron chi connectivity index (χ4n) is 3.36. The molecule has 0 unspecified atom stereocenters. The molecule has 2 amide bonds. The predicted octanol–water partition coefficient (Wildman–Crippen LogP) is 2.97. The number of aromatic amines is 1. The van der Waals surface area contributed by atoms with Crippen molar-refractivity contribution in [3.05, 3.63) is 65.5 Å². The summed E-state index contributed by atoms with van der Waals surface area (Å²) in [5.41, 5.74) is 3.27. The quantitative estimate of drug-likeness (QED) is 0.760. The first-order chi connectivity index (χ1) is 13.6. The zero-order valence-corrected chi connectivity index (χ0v) is 15.7. The number of aryl methyl sites for hydroxylation is 1. The van der Waals surface area contributed by atoms with Crippen LogP contribution < -0.4 is 0 Å². The number of H-pyrrole nitrogens is 1. The molecule has 0 atom stereocenters. The van der Waals surface area contributed by atoms with Crippen LogP contribution >= 0.6 is 0 Å². The minimum Gasteiger partial charge on any atom is -0.445 e. The van der Waals surface area contributed by atoms with Gasteiger partial charge in [0.25, 0.3) is 5.91 Å². The van der Waals surface area contributed by atoms with Crippen molar-refractivity contribution >= 4 is 23.0 Å². The van der Waals surface area contributed by atoms with Crippen LogP contribution in [0.1, 0.15) is 21.7 Å². The Morgan fingerprint density at radius 1 is 1.04 bits per heavy atom. The maximum absolute atomic E-state index is 12.8. The van der Waals surface area contributed by atoms with Gasteiger partial charge in [0, 0.05) is 31.7 Å². The number of fused-ring (bicyclic) bond motifs is 1. The van der Waals surface area contributed by atoms with Gasteiger partial charge >= 0.3 is 6.09 Å². The van der Waals surface area contributed by atoms with Gasteiger partial charge in [0.15, 0.2) is 0 Å². The molecule has 4 rings (SSSR count). The van der Waals surface area contributed by atoms with Gasteiger partial charge in [-0.25, -0.2) is 9.78 Å². The fourth-order valence-corrected chi connectivity index (χ4v) is 3.36. The van der Waals surface area contributed by atoms with Gasteiger partial charge in [0.2, 0.25) is 0 Å². The highest BCUT2D eigenvalue weighted by atomic mass is 16.6. The Hall–Kier alpha value is -3.35. The molecular weight excluding hydrogens is 356 g/mol. The first-order valence-corrected chi connectivity index (χ1v) is 9.31. The molecule has 0 bridgehead atoms. The number of rotatable bonds is 3. The number of carbonyl (C=O) groups is 2. The van der Waals surface area contributed by atoms with Gasteiger partial charge in [0.05, 0.1) is 11.0 Å². The molecule has 1 saturated heterocycles. The summed E-state index contributed by atoms with van der Waals surface area (Å²) >= 11 is 0. The third-order valence-corrected chi connectivity index (χ3v) is 4.88. The highest BCUT2D eigenvalue weighted by Crippen LogP contribution is 2.16. The molecule has 2 aromatic carbocycles. The van der Waals surface area contributed by atoms with E-state index in [9.17, 15) is 9.59 Å². The van der Waals surface area contributed by atoms with E-state index in [0.717, 1.165) is 22.4 Å². The molecule has 1 N–H and O–H groups in total. The van der Waals surface area contributed by atoms with Gasteiger partial charge in [-0.1, -0.05) is 30.3 Å². The summed E-state index contributed by atoms with van der Waals surface area (Å²) in [6, 6.07) is 15.1. The monoisotopic (exact) mass is 378 g/mol. The standard InChI is InChI=1S/C21H22N4O3/c1-15-22-18-8-7-17(13-19(18)23-15)20(26)24-9-11-25(12-10-24)21(27)28-14-16-5-3-2-4-6-16/h2-8,13H,9-12,14H2,1H3,(H,22,23). The van der Waals surface area contributed by atoms with Crippen molar-refractivity contribution in [2.24, 2.45) is 0 Å². The number of hydrogen-bond acceptors (Lipinski definition) is 4. The van der Waals surface area contributed by atoms with Gasteiger partial charge in [-0.3, -0.25) is 4.79 Å². The summed E-state index contributed by atoms with van der Waals surface area (Å²) in [5.74, 6) is 0.786. The molecule has 1 aromatic heterocycles. The molecule has 144 valence electrons. The molecule has 0 spiro atoms. The third-order valence-electron chi connectivity index (χ3n) is 4.88. The van der Waals surface area contributed by atoms with Gasteiger partial charge in [-0.2, -0.15) is 0 Å². The van der Waals surface area contributed by atoms with Crippen LogP contribution in [0.4, 0.5) is 4.79 Å². The van der Waals surface area contributed by atoms with Crippen LogP contribution in [0, 0.1) is 6.92 Å². The van der Waals surface area contributed by atoms with E-state index in [4.69, 9.17) is 4.74 Å². The molecule has 28 heavy (non-hydrogen) atoms. The predicted molar refractivity (Wildman–Crippen MR) is 105 cm³/mol. The lowest BCUT2D eigenvalue weighted by Crippen LogP contribution is -2.50. The van der Waals surface area contributed by atoms with Gasteiger partial charge in [0.1, 0.15) is 12.4 Å². The Morgan fingerprint density at radius 3 is 2.50 bits per heavy atom. The molecule has 1 aliphatic rings. The van der Waals surface area contributed by atoms with E-state index in [1.165, 1.54) is 0 Å². The molecule has 3 aromatic rings. The van der Waals surface area contributed by atoms with E-state index in [2.05, 4.69) is 9.97 Å². The van der Waals surface area contributed by atoms with Crippen molar-refractivity contribution in [1.29, 1.82) is 0 Å². The Balaban J connectivity index is 1.32. The van der Waals surface area contributed by atoms with Crippen LogP contribution in [-0.2, 0) is 11.3 Å². The summed E-state index contributed by atoms with van der Waals surface area (Å²) in [5, 5.41) is 0. The number of benzene rings is 2. The van der Waals surface area contributed by atoms with Gasteiger partial charge < -0.3 is 19.5 Å². The van der Waals surface area contributed by atoms with Crippen LogP contribution in [-0.4, -0.2) is 57.9 Å². The van der Waals surface area contributed by atoms with Crippen LogP contribution in [0.3, 0.4) is 0 Å². The lowest BCUT2D eigenvalue weighted by Gasteiger charge is -2.34. The summed E-state index contributed by atoms with van der Waals surface area (Å²) < 4.78 is 5.37. The van der Waals surface area contributed by atoms with Crippen molar-refractivity contribution in [1.82, 2.24) is 19.8 Å². The Kier molecular flexibility index (Phi) is 4.97. The maximum atomic E-state index is 12.8. The normalized spacial score (nSPS) is 14.3. The summed E-state index contributed by atoms with van der Waals surface area (Å²) in [7, 11) is 0. The minimum absolute atomic E-state index is 0.0357. The van der Waals surface area contributed by atoms with Gasteiger partial charge in [-0.15, -0.1) is 0 Å². The number of imidazole rings is 1. The first kappa shape index (κ1) is 18.0. The molecule has 1 aliphatic heterocycles. The number of piperazine rings is 1. The second-order valence-corrected chi connectivity index (χ2v) is 6.87. The Morgan fingerprint density at radius 2 is 1.75 bits per heavy atom. The smallest absolute Gasteiger partial charge is 0.410 e. The number of ether oxygens (including phenoxy) is 1. The lowest BCUT2D eigenvalue weighted by atomic mass is 10.1. The highest BCUT2D eigenvalue weighted by molar-refractivity contribution is 5.97. The average Bonchev–Trinajstić information content (AvgIpc) is 3.11. The fraction of sp³-hybridized carbons (Fsp3) is 0.286. The summed E-state index contributed by atoms with van der Waals surface area (Å²) in [4.78, 5) is 36.0. The summed E-state index contributed by atoms with van der Waals surface area (Å²) in [6.45, 7) is 4.04. The van der Waals surface area contributed by atoms with Crippen molar-refractivity contribution in [2.75, 3.05) is 26.2 Å². The lowest BCUT2D eigenvalue weighted by molar-refractivity contribution is 0.0544. The Bertz CT molecular complexity index is 991. The number of nitrogens with zero attached hydrogens (tertiary/aromatic N) is 3. The number of aromatic nitrogens is 2. The molecule has 0 radical (unpaired) electrons. The minimum atomic E-state index is -0.342. The number of nitrogens with one attached hydrogen (secondary N) is 1. The first-order valence-electron chi connectivity index (χ1n) is 9.31. The van der Waals surface area contributed by atoms with Crippen LogP contribution in [0.15, 0.2) is 48.5 Å². The van der Waals surface area contributed by atoms with Gasteiger partial charge in [-0.05, 0) is 30.7 Å². The van der Waals surface area contributed by atoms with E-state index in [0.29, 0.717) is 31.7 Å². The average molecular weight is 378 g/mol. The SMILES string of the molecule is Cc1nc2ccc(C(=O)N3CCN(C(=O)OCc4ccccc4)CC3)cc2[nH]1. The number of hydrogen-bond donors (Lipinski definition) is 1. The van der Waals surface area contributed by atoms with Crippen LogP contribution in [0.25, 0.3) is 11.0 Å². The highest BCUT2D eigenvalue weighted by Gasteiger charge is 2.26. The molecule has 7 nitrogen and oxygen atoms in total. The molecule has 2 heterocycles. The molecule has 0 aliphatic carbocycles. The summed E-state index contributed by atoms with van der Waals surface area (Å²) in [6.07, 6.45) is -0.342. The topological polar surface area (TPSA) is 78.5 Å². The number of amides is 2.